The molecular weight excluding hydrogens is 290 g/mol. The Kier molecular flexibility index (Phi) is 6.57. The van der Waals surface area contributed by atoms with Crippen molar-refractivity contribution >= 4 is 5.91 Å². The quantitative estimate of drug-likeness (QED) is 0.863. The molecule has 5 heteroatoms. The third kappa shape index (κ3) is 5.61. The zero-order chi connectivity index (χ0) is 16.8. The summed E-state index contributed by atoms with van der Waals surface area (Å²) in [5.41, 5.74) is 1.21. The van der Waals surface area contributed by atoms with E-state index >= 15 is 0 Å². The fourth-order valence-electron chi connectivity index (χ4n) is 3.16. The largest absolute Gasteiger partial charge is 0.373 e. The van der Waals surface area contributed by atoms with Gasteiger partial charge < -0.3 is 15.0 Å². The van der Waals surface area contributed by atoms with Crippen molar-refractivity contribution in [3.63, 3.8) is 0 Å². The Morgan fingerprint density at radius 3 is 2.43 bits per heavy atom. The van der Waals surface area contributed by atoms with Crippen LogP contribution in [0.15, 0.2) is 30.3 Å². The van der Waals surface area contributed by atoms with E-state index in [0.717, 1.165) is 13.1 Å². The number of carbonyl (C=O) groups is 1. The molecule has 0 aliphatic carbocycles. The normalized spacial score (nSPS) is 23.7. The molecule has 2 rings (SSSR count). The highest BCUT2D eigenvalue weighted by Crippen LogP contribution is 2.16. The smallest absolute Gasteiger partial charge is 0.234 e. The van der Waals surface area contributed by atoms with Gasteiger partial charge in [0.05, 0.1) is 24.8 Å². The molecule has 0 spiro atoms. The van der Waals surface area contributed by atoms with Crippen molar-refractivity contribution in [2.75, 3.05) is 40.3 Å². The lowest BCUT2D eigenvalue weighted by molar-refractivity contribution is -0.126. The van der Waals surface area contributed by atoms with Gasteiger partial charge in [0, 0.05) is 19.6 Å². The minimum Gasteiger partial charge on any atom is -0.373 e. The van der Waals surface area contributed by atoms with Crippen LogP contribution in [0.3, 0.4) is 0 Å². The van der Waals surface area contributed by atoms with Gasteiger partial charge in [-0.2, -0.15) is 0 Å². The summed E-state index contributed by atoms with van der Waals surface area (Å²) in [6.45, 7) is 6.79. The SMILES string of the molecule is C[C@@H]1CN(CC(=O)NC[C@@H](c2ccccc2)N(C)C)C[C@H](C)O1. The summed E-state index contributed by atoms with van der Waals surface area (Å²) in [6, 6.07) is 10.5. The third-order valence-corrected chi connectivity index (χ3v) is 4.16. The van der Waals surface area contributed by atoms with Crippen molar-refractivity contribution in [1.82, 2.24) is 15.1 Å². The molecule has 1 aromatic rings. The summed E-state index contributed by atoms with van der Waals surface area (Å²) >= 11 is 0. The molecule has 1 aliphatic rings. The average molecular weight is 319 g/mol. The monoisotopic (exact) mass is 319 g/mol. The summed E-state index contributed by atoms with van der Waals surface area (Å²) in [4.78, 5) is 16.6. The average Bonchev–Trinajstić information content (AvgIpc) is 2.47. The lowest BCUT2D eigenvalue weighted by Crippen LogP contribution is -2.49. The topological polar surface area (TPSA) is 44.8 Å². The number of ether oxygens (including phenoxy) is 1. The molecule has 3 atom stereocenters. The van der Waals surface area contributed by atoms with Gasteiger partial charge in [0.1, 0.15) is 0 Å². The number of nitrogens with one attached hydrogen (secondary N) is 1. The predicted octanol–water partition coefficient (Wildman–Crippen LogP) is 1.51. The van der Waals surface area contributed by atoms with E-state index in [0.29, 0.717) is 13.1 Å². The number of benzene rings is 1. The predicted molar refractivity (Wildman–Crippen MR) is 92.3 cm³/mol. The molecule has 0 aromatic heterocycles. The molecular formula is C18H29N3O2. The highest BCUT2D eigenvalue weighted by atomic mass is 16.5. The summed E-state index contributed by atoms with van der Waals surface area (Å²) in [7, 11) is 4.07. The van der Waals surface area contributed by atoms with Crippen molar-refractivity contribution in [2.24, 2.45) is 0 Å². The van der Waals surface area contributed by atoms with Crippen LogP contribution in [0, 0.1) is 0 Å². The molecule has 1 aliphatic heterocycles. The minimum absolute atomic E-state index is 0.0779. The number of rotatable bonds is 6. The summed E-state index contributed by atoms with van der Waals surface area (Å²) in [5, 5.41) is 3.08. The Morgan fingerprint density at radius 1 is 1.26 bits per heavy atom. The lowest BCUT2D eigenvalue weighted by Gasteiger charge is -2.35. The molecule has 0 unspecified atom stereocenters. The molecule has 0 bridgehead atoms. The molecule has 1 aromatic carbocycles. The first-order valence-corrected chi connectivity index (χ1v) is 8.31. The van der Waals surface area contributed by atoms with E-state index in [1.165, 1.54) is 5.56 Å². The van der Waals surface area contributed by atoms with Crippen molar-refractivity contribution in [1.29, 1.82) is 0 Å². The zero-order valence-corrected chi connectivity index (χ0v) is 14.7. The second-order valence-electron chi connectivity index (χ2n) is 6.65. The van der Waals surface area contributed by atoms with Gasteiger partial charge in [0.25, 0.3) is 0 Å². The van der Waals surface area contributed by atoms with E-state index < -0.39 is 0 Å². The summed E-state index contributed by atoms with van der Waals surface area (Å²) < 4.78 is 5.71. The molecule has 128 valence electrons. The van der Waals surface area contributed by atoms with Gasteiger partial charge in [-0.1, -0.05) is 30.3 Å². The Balaban J connectivity index is 1.85. The van der Waals surface area contributed by atoms with Gasteiger partial charge in [-0.15, -0.1) is 0 Å². The van der Waals surface area contributed by atoms with Crippen LogP contribution in [0.5, 0.6) is 0 Å². The first-order chi connectivity index (χ1) is 11.0. The van der Waals surface area contributed by atoms with Crippen LogP contribution in [0.25, 0.3) is 0 Å². The van der Waals surface area contributed by atoms with Gasteiger partial charge >= 0.3 is 0 Å². The van der Waals surface area contributed by atoms with Crippen LogP contribution < -0.4 is 5.32 Å². The number of amides is 1. The highest BCUT2D eigenvalue weighted by Gasteiger charge is 2.24. The highest BCUT2D eigenvalue weighted by molar-refractivity contribution is 5.78. The third-order valence-electron chi connectivity index (χ3n) is 4.16. The number of hydrogen-bond acceptors (Lipinski definition) is 4. The van der Waals surface area contributed by atoms with E-state index in [4.69, 9.17) is 4.74 Å². The zero-order valence-electron chi connectivity index (χ0n) is 14.7. The Labute approximate surface area is 139 Å². The molecule has 1 heterocycles. The van der Waals surface area contributed by atoms with Gasteiger partial charge in [-0.25, -0.2) is 0 Å². The van der Waals surface area contributed by atoms with Gasteiger partial charge in [-0.05, 0) is 33.5 Å². The number of morpholine rings is 1. The number of carbonyl (C=O) groups excluding carboxylic acids is 1. The maximum Gasteiger partial charge on any atom is 0.234 e. The Bertz CT molecular complexity index is 482. The molecule has 23 heavy (non-hydrogen) atoms. The number of hydrogen-bond donors (Lipinski definition) is 1. The first kappa shape index (κ1) is 17.9. The van der Waals surface area contributed by atoms with Crippen molar-refractivity contribution in [3.8, 4) is 0 Å². The van der Waals surface area contributed by atoms with Gasteiger partial charge in [0.15, 0.2) is 0 Å². The van der Waals surface area contributed by atoms with E-state index in [2.05, 4.69) is 41.1 Å². The second-order valence-corrected chi connectivity index (χ2v) is 6.65. The van der Waals surface area contributed by atoms with E-state index in [1.807, 2.05) is 32.3 Å². The van der Waals surface area contributed by atoms with Crippen LogP contribution >= 0.6 is 0 Å². The standard InChI is InChI=1S/C18H29N3O2/c1-14-11-21(12-15(2)23-14)13-18(22)19-10-17(20(3)4)16-8-6-5-7-9-16/h5-9,14-15,17H,10-13H2,1-4H3,(H,19,22)/t14-,15+,17-/m0/s1. The van der Waals surface area contributed by atoms with Gasteiger partial charge in [-0.3, -0.25) is 9.69 Å². The van der Waals surface area contributed by atoms with Crippen molar-refractivity contribution < 1.29 is 9.53 Å². The van der Waals surface area contributed by atoms with Crippen molar-refractivity contribution in [2.45, 2.75) is 32.1 Å². The lowest BCUT2D eigenvalue weighted by atomic mass is 10.1. The molecule has 5 nitrogen and oxygen atoms in total. The van der Waals surface area contributed by atoms with E-state index in [-0.39, 0.29) is 24.2 Å². The number of nitrogens with zero attached hydrogens (tertiary/aromatic N) is 2. The fraction of sp³-hybridized carbons (Fsp3) is 0.611. The van der Waals surface area contributed by atoms with E-state index in [9.17, 15) is 4.79 Å². The molecule has 1 fully saturated rings. The number of likely N-dealkylation sites (N-methyl/N-ethyl adjacent to an activating group) is 1. The van der Waals surface area contributed by atoms with Crippen LogP contribution in [-0.2, 0) is 9.53 Å². The van der Waals surface area contributed by atoms with Crippen LogP contribution in [0.2, 0.25) is 0 Å². The Morgan fingerprint density at radius 2 is 1.87 bits per heavy atom. The Hall–Kier alpha value is -1.43. The summed E-state index contributed by atoms with van der Waals surface area (Å²) in [6.07, 6.45) is 0.371. The molecule has 0 radical (unpaired) electrons. The second kappa shape index (κ2) is 8.43. The maximum atomic E-state index is 12.3. The van der Waals surface area contributed by atoms with E-state index in [1.54, 1.807) is 0 Å². The minimum atomic E-state index is 0.0779. The molecule has 1 saturated heterocycles. The van der Waals surface area contributed by atoms with Crippen LogP contribution in [0.4, 0.5) is 0 Å². The van der Waals surface area contributed by atoms with Crippen molar-refractivity contribution in [3.05, 3.63) is 35.9 Å². The maximum absolute atomic E-state index is 12.3. The first-order valence-electron chi connectivity index (χ1n) is 8.31. The fourth-order valence-corrected chi connectivity index (χ4v) is 3.16. The van der Waals surface area contributed by atoms with Gasteiger partial charge in [0.2, 0.25) is 5.91 Å². The molecule has 1 N–H and O–H groups in total. The van der Waals surface area contributed by atoms with Crippen LogP contribution in [-0.4, -0.2) is 68.2 Å². The molecule has 0 saturated carbocycles. The summed E-state index contributed by atoms with van der Waals surface area (Å²) in [5.74, 6) is 0.0779. The molecule has 1 amide bonds. The van der Waals surface area contributed by atoms with Crippen LogP contribution in [0.1, 0.15) is 25.5 Å².